The number of hydrogen-bond donors (Lipinski definition) is 2. The Bertz CT molecular complexity index is 903. The van der Waals surface area contributed by atoms with E-state index in [9.17, 15) is 9.59 Å². The van der Waals surface area contributed by atoms with Gasteiger partial charge in [0.05, 0.1) is 17.8 Å². The molecule has 1 aromatic carbocycles. The second-order valence-electron chi connectivity index (χ2n) is 6.02. The van der Waals surface area contributed by atoms with Crippen molar-refractivity contribution in [2.45, 2.75) is 12.8 Å². The molecule has 0 radical (unpaired) electrons. The van der Waals surface area contributed by atoms with Crippen LogP contribution >= 0.6 is 11.6 Å². The van der Waals surface area contributed by atoms with E-state index in [1.807, 2.05) is 4.90 Å². The summed E-state index contributed by atoms with van der Waals surface area (Å²) >= 11 is 6.05. The molecule has 3 rings (SSSR count). The number of halogens is 1. The maximum atomic E-state index is 12.4. The molecule has 0 unspecified atom stereocenters. The highest BCUT2D eigenvalue weighted by Gasteiger charge is 2.20. The Balaban J connectivity index is 1.60. The average Bonchev–Trinajstić information content (AvgIpc) is 3.21. The van der Waals surface area contributed by atoms with Gasteiger partial charge in [0.25, 0.3) is 5.91 Å². The van der Waals surface area contributed by atoms with E-state index in [1.165, 1.54) is 6.20 Å². The summed E-state index contributed by atoms with van der Waals surface area (Å²) in [5.41, 5.74) is 1.26. The van der Waals surface area contributed by atoms with Crippen LogP contribution in [0.2, 0.25) is 5.02 Å². The zero-order valence-corrected chi connectivity index (χ0v) is 15.3. The van der Waals surface area contributed by atoms with Gasteiger partial charge >= 0.3 is 0 Å². The van der Waals surface area contributed by atoms with Gasteiger partial charge in [0.15, 0.2) is 5.69 Å². The third kappa shape index (κ3) is 4.74. The van der Waals surface area contributed by atoms with Crippen LogP contribution in [0.5, 0.6) is 0 Å². The highest BCUT2D eigenvalue weighted by molar-refractivity contribution is 6.33. The molecule has 0 atom stereocenters. The second-order valence-corrected chi connectivity index (χ2v) is 6.42. The Labute approximate surface area is 162 Å². The maximum Gasteiger partial charge on any atom is 0.272 e. The fourth-order valence-corrected chi connectivity index (χ4v) is 2.90. The van der Waals surface area contributed by atoms with Gasteiger partial charge in [0.1, 0.15) is 0 Å². The van der Waals surface area contributed by atoms with Crippen molar-refractivity contribution in [1.82, 2.24) is 15.3 Å². The normalized spacial score (nSPS) is 13.1. The fourth-order valence-electron chi connectivity index (χ4n) is 2.72. The van der Waals surface area contributed by atoms with Gasteiger partial charge in [-0.3, -0.25) is 9.59 Å². The number of hydrogen-bond acceptors (Lipinski definition) is 5. The molecule has 0 spiro atoms. The van der Waals surface area contributed by atoms with Crippen LogP contribution in [0.4, 0.5) is 11.6 Å². The lowest BCUT2D eigenvalue weighted by molar-refractivity contribution is -0.115. The third-order valence-corrected chi connectivity index (χ3v) is 4.33. The zero-order valence-electron chi connectivity index (χ0n) is 14.5. The van der Waals surface area contributed by atoms with Crippen LogP contribution in [0.1, 0.15) is 28.9 Å². The monoisotopic (exact) mass is 383 g/mol. The Kier molecular flexibility index (Phi) is 5.89. The maximum absolute atomic E-state index is 12.4. The largest absolute Gasteiger partial charge is 0.342 e. The highest BCUT2D eigenvalue weighted by atomic mass is 35.5. The fraction of sp³-hybridized carbons (Fsp3) is 0.263. The standard InChI is InChI=1S/C19H18ClN5O2/c1-2-13-6-5-7-14(10-13)23-16(26)12-21-18(27)17-15(20)11-22-19(24-17)25-8-3-4-9-25/h1,5-7,10-11H,3-4,8-9,12H2,(H,21,27)(H,23,26). The van der Waals surface area contributed by atoms with E-state index in [-0.39, 0.29) is 23.2 Å². The summed E-state index contributed by atoms with van der Waals surface area (Å²) in [6, 6.07) is 6.88. The van der Waals surface area contributed by atoms with Crippen molar-refractivity contribution < 1.29 is 9.59 Å². The van der Waals surface area contributed by atoms with Crippen LogP contribution < -0.4 is 15.5 Å². The van der Waals surface area contributed by atoms with E-state index < -0.39 is 5.91 Å². The van der Waals surface area contributed by atoms with Gasteiger partial charge in [-0.15, -0.1) is 6.42 Å². The van der Waals surface area contributed by atoms with E-state index in [2.05, 4.69) is 26.5 Å². The smallest absolute Gasteiger partial charge is 0.272 e. The molecule has 1 aromatic heterocycles. The van der Waals surface area contributed by atoms with Gasteiger partial charge < -0.3 is 15.5 Å². The lowest BCUT2D eigenvalue weighted by Gasteiger charge is -2.16. The van der Waals surface area contributed by atoms with Gasteiger partial charge in [-0.1, -0.05) is 23.6 Å². The number of rotatable bonds is 5. The molecular weight excluding hydrogens is 366 g/mol. The van der Waals surface area contributed by atoms with Crippen molar-refractivity contribution in [1.29, 1.82) is 0 Å². The van der Waals surface area contributed by atoms with Crippen molar-refractivity contribution in [2.24, 2.45) is 0 Å². The van der Waals surface area contributed by atoms with E-state index >= 15 is 0 Å². The Hall–Kier alpha value is -3.11. The lowest BCUT2D eigenvalue weighted by Crippen LogP contribution is -2.34. The third-order valence-electron chi connectivity index (χ3n) is 4.06. The van der Waals surface area contributed by atoms with Gasteiger partial charge in [-0.2, -0.15) is 0 Å². The molecular formula is C19H18ClN5O2. The molecule has 0 bridgehead atoms. The highest BCUT2D eigenvalue weighted by Crippen LogP contribution is 2.19. The number of aromatic nitrogens is 2. The Morgan fingerprint density at radius 2 is 2.07 bits per heavy atom. The van der Waals surface area contributed by atoms with Crippen LogP contribution in [0, 0.1) is 12.3 Å². The minimum atomic E-state index is -0.532. The molecule has 27 heavy (non-hydrogen) atoms. The zero-order chi connectivity index (χ0) is 19.2. The number of anilines is 2. The summed E-state index contributed by atoms with van der Waals surface area (Å²) in [7, 11) is 0. The van der Waals surface area contributed by atoms with E-state index in [4.69, 9.17) is 18.0 Å². The molecule has 1 fully saturated rings. The van der Waals surface area contributed by atoms with E-state index in [0.29, 0.717) is 17.2 Å². The van der Waals surface area contributed by atoms with Crippen LogP contribution in [-0.4, -0.2) is 41.4 Å². The molecule has 1 aliphatic heterocycles. The molecule has 8 heteroatoms. The number of terminal acetylenes is 1. The minimum Gasteiger partial charge on any atom is -0.342 e. The molecule has 7 nitrogen and oxygen atoms in total. The van der Waals surface area contributed by atoms with Crippen molar-refractivity contribution in [3.05, 3.63) is 46.7 Å². The second kappa shape index (κ2) is 8.52. The number of amides is 2. The summed E-state index contributed by atoms with van der Waals surface area (Å²) in [5, 5.41) is 5.33. The Morgan fingerprint density at radius 1 is 1.30 bits per heavy atom. The molecule has 1 aliphatic rings. The quantitative estimate of drug-likeness (QED) is 0.772. The predicted molar refractivity (Wildman–Crippen MR) is 104 cm³/mol. The summed E-state index contributed by atoms with van der Waals surface area (Å²) < 4.78 is 0. The molecule has 2 heterocycles. The average molecular weight is 384 g/mol. The number of nitrogens with zero attached hydrogens (tertiary/aromatic N) is 3. The molecule has 1 saturated heterocycles. The van der Waals surface area contributed by atoms with Crippen molar-refractivity contribution in [3.8, 4) is 12.3 Å². The number of nitrogens with one attached hydrogen (secondary N) is 2. The summed E-state index contributed by atoms with van der Waals surface area (Å²) in [4.78, 5) is 34.9. The summed E-state index contributed by atoms with van der Waals surface area (Å²) in [6.45, 7) is 1.47. The van der Waals surface area contributed by atoms with E-state index in [0.717, 1.165) is 25.9 Å². The first-order valence-electron chi connectivity index (χ1n) is 8.49. The SMILES string of the molecule is C#Cc1cccc(NC(=O)CNC(=O)c2nc(N3CCCC3)ncc2Cl)c1. The minimum absolute atomic E-state index is 0.0516. The first kappa shape index (κ1) is 18.7. The summed E-state index contributed by atoms with van der Waals surface area (Å²) in [6.07, 6.45) is 8.87. The van der Waals surface area contributed by atoms with Gasteiger partial charge in [0, 0.05) is 24.3 Å². The van der Waals surface area contributed by atoms with Crippen LogP contribution in [-0.2, 0) is 4.79 Å². The Morgan fingerprint density at radius 3 is 2.81 bits per heavy atom. The topological polar surface area (TPSA) is 87.2 Å². The van der Waals surface area contributed by atoms with Crippen molar-refractivity contribution >= 4 is 35.1 Å². The summed E-state index contributed by atoms with van der Waals surface area (Å²) in [5.74, 6) is 2.04. The molecule has 2 amide bonds. The van der Waals surface area contributed by atoms with Crippen LogP contribution in [0.25, 0.3) is 0 Å². The molecule has 0 saturated carbocycles. The molecule has 138 valence electrons. The number of carbonyl (C=O) groups excluding carboxylic acids is 2. The molecule has 0 aliphatic carbocycles. The molecule has 2 aromatic rings. The van der Waals surface area contributed by atoms with Crippen molar-refractivity contribution in [2.75, 3.05) is 29.9 Å². The predicted octanol–water partition coefficient (Wildman–Crippen LogP) is 2.08. The first-order valence-corrected chi connectivity index (χ1v) is 8.87. The van der Waals surface area contributed by atoms with Crippen LogP contribution in [0.3, 0.4) is 0 Å². The van der Waals surface area contributed by atoms with E-state index in [1.54, 1.807) is 24.3 Å². The first-order chi connectivity index (χ1) is 13.1. The number of carbonyl (C=O) groups is 2. The van der Waals surface area contributed by atoms with Crippen molar-refractivity contribution in [3.63, 3.8) is 0 Å². The molecule has 2 N–H and O–H groups in total. The van der Waals surface area contributed by atoms with Gasteiger partial charge in [-0.05, 0) is 31.0 Å². The lowest BCUT2D eigenvalue weighted by atomic mass is 10.2. The van der Waals surface area contributed by atoms with Gasteiger partial charge in [0.2, 0.25) is 11.9 Å². The van der Waals surface area contributed by atoms with Crippen LogP contribution in [0.15, 0.2) is 30.5 Å². The number of benzene rings is 1. The van der Waals surface area contributed by atoms with Gasteiger partial charge in [-0.25, -0.2) is 9.97 Å².